The molecule has 7 heteroatoms. The first-order valence-electron chi connectivity index (χ1n) is 13.3. The second-order valence-corrected chi connectivity index (χ2v) is 11.7. The average molecular weight is 581 g/mol. The number of anilines is 1. The van der Waals surface area contributed by atoms with E-state index in [1.807, 2.05) is 76.3 Å². The predicted octanol–water partition coefficient (Wildman–Crippen LogP) is 9.19. The molecule has 0 spiro atoms. The molecule has 2 N–H and O–H groups in total. The van der Waals surface area contributed by atoms with Gasteiger partial charge in [-0.3, -0.25) is 9.79 Å². The Hall–Kier alpha value is -3.16. The number of methoxy groups -OCH3 is 1. The van der Waals surface area contributed by atoms with E-state index >= 15 is 0 Å². The number of nitrogens with one attached hydrogen (secondary N) is 1. The highest BCUT2D eigenvalue weighted by Gasteiger charge is 2.28. The van der Waals surface area contributed by atoms with Crippen molar-refractivity contribution in [2.24, 2.45) is 4.99 Å². The van der Waals surface area contributed by atoms with Gasteiger partial charge in [0, 0.05) is 35.1 Å². The van der Waals surface area contributed by atoms with Crippen molar-refractivity contribution in [2.45, 2.75) is 58.1 Å². The summed E-state index contributed by atoms with van der Waals surface area (Å²) in [7, 11) is 5.37. The molecule has 0 fully saturated rings. The molecular weight excluding hydrogens is 537 g/mol. The van der Waals surface area contributed by atoms with Gasteiger partial charge in [0.05, 0.1) is 7.11 Å². The second kappa shape index (κ2) is 17.5. The number of hydrogen-bond donors (Lipinski definition) is 2. The minimum Gasteiger partial charge on any atom is -0.497 e. The maximum atomic E-state index is 11.3. The lowest BCUT2D eigenvalue weighted by atomic mass is 10.1. The van der Waals surface area contributed by atoms with E-state index in [0.29, 0.717) is 0 Å². The Balaban J connectivity index is 0.000000555. The molecule has 0 radical (unpaired) electrons. The van der Waals surface area contributed by atoms with Crippen LogP contribution in [-0.2, 0) is 4.79 Å². The molecule has 0 saturated heterocycles. The summed E-state index contributed by atoms with van der Waals surface area (Å²) in [5.41, 5.74) is 5.97. The smallest absolute Gasteiger partial charge is 0.319 e. The third kappa shape index (κ3) is 10.8. The fourth-order valence-electron chi connectivity index (χ4n) is 3.28. The maximum absolute atomic E-state index is 11.3. The highest BCUT2D eigenvalue weighted by molar-refractivity contribution is 8.22. The molecule has 0 aromatic heterocycles. The summed E-state index contributed by atoms with van der Waals surface area (Å²) in [5.74, 6) is -0.00360. The van der Waals surface area contributed by atoms with Crippen LogP contribution in [0.2, 0.25) is 0 Å². The molecule has 0 unspecified atom stereocenters. The zero-order valence-electron chi connectivity index (χ0n) is 25.5. The van der Waals surface area contributed by atoms with Crippen LogP contribution in [0.1, 0.15) is 56.9 Å². The molecule has 3 aromatic rings. The zero-order chi connectivity index (χ0) is 30.3. The van der Waals surface area contributed by atoms with E-state index in [-0.39, 0.29) is 0 Å². The molecule has 0 aliphatic rings. The molecule has 0 atom stereocenters. The van der Waals surface area contributed by atoms with E-state index in [1.165, 1.54) is 28.6 Å². The number of benzene rings is 3. The third-order valence-corrected chi connectivity index (χ3v) is 8.33. The number of rotatable bonds is 8. The number of carboxylic acids is 1. The highest BCUT2D eigenvalue weighted by Crippen LogP contribution is 2.35. The van der Waals surface area contributed by atoms with Crippen LogP contribution in [0.25, 0.3) is 4.91 Å². The zero-order valence-corrected chi connectivity index (χ0v) is 27.1. The standard InChI is InChI=1S/C22H25NO3S2.C9H13N.C2H6/c1-6-19(15-7-11-17(26-5)12-8-15)27-20(23-4)16-9-13-18(14-10-16)28-22(2,3)21(24)25;1-7-4-5-9(10-3)6-8(7)2;1-2/h6-14H,1-5H3,(H,24,25);4-6,10H,1-3H3;1-2H3/b19-6+,23-20?;;. The SMILES string of the molecule is C/C=C(/SC(=NC)c1ccc(SC(C)(C)C(=O)O)cc1)c1ccc(OC)cc1.CC.CNc1ccc(C)c(C)c1. The summed E-state index contributed by atoms with van der Waals surface area (Å²) in [5, 5.41) is 13.3. The number of allylic oxidation sites excluding steroid dienone is 1. The van der Waals surface area contributed by atoms with Crippen molar-refractivity contribution in [3.8, 4) is 5.75 Å². The highest BCUT2D eigenvalue weighted by atomic mass is 32.2. The number of aliphatic imine (C=N–C) groups is 1. The van der Waals surface area contributed by atoms with Gasteiger partial charge >= 0.3 is 5.97 Å². The molecule has 0 amide bonds. The van der Waals surface area contributed by atoms with Gasteiger partial charge in [-0.05, 0) is 87.7 Å². The van der Waals surface area contributed by atoms with Crippen molar-refractivity contribution < 1.29 is 14.6 Å². The summed E-state index contributed by atoms with van der Waals surface area (Å²) < 4.78 is 4.36. The average Bonchev–Trinajstić information content (AvgIpc) is 2.97. The van der Waals surface area contributed by atoms with Crippen LogP contribution in [0.5, 0.6) is 5.75 Å². The Kier molecular flexibility index (Phi) is 15.3. The molecule has 0 bridgehead atoms. The number of thioether (sulfide) groups is 2. The van der Waals surface area contributed by atoms with Gasteiger partial charge in [0.15, 0.2) is 0 Å². The lowest BCUT2D eigenvalue weighted by molar-refractivity contribution is -0.138. The first-order valence-corrected chi connectivity index (χ1v) is 14.9. The molecule has 40 heavy (non-hydrogen) atoms. The lowest BCUT2D eigenvalue weighted by Gasteiger charge is -2.18. The van der Waals surface area contributed by atoms with E-state index in [0.717, 1.165) is 31.7 Å². The molecular formula is C33H44N2O3S2. The first kappa shape index (κ1) is 34.9. The van der Waals surface area contributed by atoms with Crippen molar-refractivity contribution >= 4 is 45.1 Å². The molecule has 0 aliphatic heterocycles. The van der Waals surface area contributed by atoms with Crippen LogP contribution in [0.4, 0.5) is 5.69 Å². The molecule has 0 heterocycles. The molecule has 0 aliphatic carbocycles. The lowest BCUT2D eigenvalue weighted by Crippen LogP contribution is -2.26. The summed E-state index contributed by atoms with van der Waals surface area (Å²) in [6.45, 7) is 13.7. The van der Waals surface area contributed by atoms with Crippen molar-refractivity contribution in [1.29, 1.82) is 0 Å². The van der Waals surface area contributed by atoms with Crippen molar-refractivity contribution in [3.05, 3.63) is 95.1 Å². The second-order valence-electron chi connectivity index (χ2n) is 9.00. The van der Waals surface area contributed by atoms with Gasteiger partial charge in [0.2, 0.25) is 0 Å². The Morgan fingerprint density at radius 1 is 0.950 bits per heavy atom. The van der Waals surface area contributed by atoms with E-state index < -0.39 is 10.7 Å². The minimum atomic E-state index is -0.871. The van der Waals surface area contributed by atoms with Crippen molar-refractivity contribution in [1.82, 2.24) is 0 Å². The number of nitrogens with zero attached hydrogens (tertiary/aromatic N) is 1. The minimum absolute atomic E-state index is 0.825. The van der Waals surface area contributed by atoms with Gasteiger partial charge < -0.3 is 15.2 Å². The van der Waals surface area contributed by atoms with Gasteiger partial charge in [0.25, 0.3) is 0 Å². The van der Waals surface area contributed by atoms with Gasteiger partial charge in [-0.2, -0.15) is 0 Å². The molecule has 0 saturated carbocycles. The van der Waals surface area contributed by atoms with Crippen LogP contribution >= 0.6 is 23.5 Å². The van der Waals surface area contributed by atoms with E-state index in [1.54, 1.807) is 39.8 Å². The van der Waals surface area contributed by atoms with Gasteiger partial charge in [-0.25, -0.2) is 0 Å². The van der Waals surface area contributed by atoms with E-state index in [2.05, 4.69) is 48.4 Å². The van der Waals surface area contributed by atoms with Crippen molar-refractivity contribution in [2.75, 3.05) is 26.5 Å². The van der Waals surface area contributed by atoms with Gasteiger partial charge in [-0.1, -0.05) is 62.0 Å². The topological polar surface area (TPSA) is 70.9 Å². The quantitative estimate of drug-likeness (QED) is 0.157. The van der Waals surface area contributed by atoms with E-state index in [4.69, 9.17) is 4.74 Å². The number of carbonyl (C=O) groups is 1. The number of aliphatic carboxylic acids is 1. The normalized spacial score (nSPS) is 11.4. The van der Waals surface area contributed by atoms with Crippen LogP contribution in [0.3, 0.4) is 0 Å². The fraction of sp³-hybridized carbons (Fsp3) is 0.333. The van der Waals surface area contributed by atoms with Crippen LogP contribution < -0.4 is 10.1 Å². The van der Waals surface area contributed by atoms with Crippen molar-refractivity contribution in [3.63, 3.8) is 0 Å². The predicted molar refractivity (Wildman–Crippen MR) is 178 cm³/mol. The molecule has 3 rings (SSSR count). The number of aryl methyl sites for hydroxylation is 2. The van der Waals surface area contributed by atoms with Gasteiger partial charge in [0.1, 0.15) is 15.5 Å². The number of carboxylic acid groups (broad SMARTS) is 1. The summed E-state index contributed by atoms with van der Waals surface area (Å²) >= 11 is 2.93. The number of hydrogen-bond acceptors (Lipinski definition) is 6. The maximum Gasteiger partial charge on any atom is 0.319 e. The Bertz CT molecular complexity index is 1270. The Labute approximate surface area is 249 Å². The fourth-order valence-corrected chi connectivity index (χ4v) is 5.15. The number of ether oxygens (including phenoxy) is 1. The Morgan fingerprint density at radius 2 is 1.52 bits per heavy atom. The largest absolute Gasteiger partial charge is 0.497 e. The Morgan fingerprint density at radius 3 is 1.98 bits per heavy atom. The van der Waals surface area contributed by atoms with E-state index in [9.17, 15) is 9.90 Å². The monoisotopic (exact) mass is 580 g/mol. The summed E-state index contributed by atoms with van der Waals surface area (Å²) in [6, 6.07) is 22.2. The molecule has 216 valence electrons. The first-order chi connectivity index (χ1) is 19.0. The summed E-state index contributed by atoms with van der Waals surface area (Å²) in [6.07, 6.45) is 2.07. The van der Waals surface area contributed by atoms with Crippen LogP contribution in [0.15, 0.2) is 82.7 Å². The van der Waals surface area contributed by atoms with Gasteiger partial charge in [-0.15, -0.1) is 11.8 Å². The third-order valence-electron chi connectivity index (χ3n) is 5.83. The van der Waals surface area contributed by atoms with Crippen LogP contribution in [0, 0.1) is 13.8 Å². The summed E-state index contributed by atoms with van der Waals surface area (Å²) in [4.78, 5) is 17.8. The van der Waals surface area contributed by atoms with Crippen LogP contribution in [-0.4, -0.2) is 42.1 Å². The molecule has 3 aromatic carbocycles. The molecule has 5 nitrogen and oxygen atoms in total.